The van der Waals surface area contributed by atoms with Crippen LogP contribution in [0.25, 0.3) is 0 Å². The Labute approximate surface area is 90.2 Å². The zero-order valence-corrected chi connectivity index (χ0v) is 9.41. The second-order valence-electron chi connectivity index (χ2n) is 3.70. The summed E-state index contributed by atoms with van der Waals surface area (Å²) >= 11 is 0. The first-order valence-corrected chi connectivity index (χ1v) is 4.94. The van der Waals surface area contributed by atoms with E-state index in [4.69, 9.17) is 5.73 Å². The molecule has 1 aromatic rings. The van der Waals surface area contributed by atoms with Gasteiger partial charge in [-0.15, -0.1) is 0 Å². The van der Waals surface area contributed by atoms with Gasteiger partial charge in [-0.3, -0.25) is 4.79 Å². The second-order valence-corrected chi connectivity index (χ2v) is 3.70. The van der Waals surface area contributed by atoms with Gasteiger partial charge in [-0.25, -0.2) is 0 Å². The van der Waals surface area contributed by atoms with E-state index in [1.165, 1.54) is 7.11 Å². The summed E-state index contributed by atoms with van der Waals surface area (Å²) in [6.07, 6.45) is 0.533. The number of carbonyl (C=O) groups excluding carboxylic acids is 1. The standard InChI is InChI=1S/C12H17NO2/c1-8-5-4-6-9(2)10(8)7-11(13)12(14)15-3/h4-6,11H,7,13H2,1-3H3/t11-/m0/s1. The van der Waals surface area contributed by atoms with Crippen LogP contribution in [-0.2, 0) is 16.0 Å². The summed E-state index contributed by atoms with van der Waals surface area (Å²) in [4.78, 5) is 11.2. The average molecular weight is 207 g/mol. The normalized spacial score (nSPS) is 12.3. The summed E-state index contributed by atoms with van der Waals surface area (Å²) in [7, 11) is 1.35. The van der Waals surface area contributed by atoms with Crippen molar-refractivity contribution >= 4 is 5.97 Å². The zero-order chi connectivity index (χ0) is 11.4. The van der Waals surface area contributed by atoms with E-state index in [0.29, 0.717) is 6.42 Å². The molecule has 3 heteroatoms. The number of carbonyl (C=O) groups is 1. The van der Waals surface area contributed by atoms with Crippen molar-refractivity contribution in [3.05, 3.63) is 34.9 Å². The predicted octanol–water partition coefficient (Wildman–Crippen LogP) is 1.35. The fraction of sp³-hybridized carbons (Fsp3) is 0.417. The van der Waals surface area contributed by atoms with Gasteiger partial charge in [0, 0.05) is 0 Å². The van der Waals surface area contributed by atoms with Gasteiger partial charge in [-0.2, -0.15) is 0 Å². The van der Waals surface area contributed by atoms with Gasteiger partial charge in [0.25, 0.3) is 0 Å². The summed E-state index contributed by atoms with van der Waals surface area (Å²) in [5.74, 6) is -0.363. The summed E-state index contributed by atoms with van der Waals surface area (Å²) in [5, 5.41) is 0. The molecular formula is C12H17NO2. The third-order valence-corrected chi connectivity index (χ3v) is 2.57. The topological polar surface area (TPSA) is 52.3 Å². The molecule has 3 nitrogen and oxygen atoms in total. The lowest BCUT2D eigenvalue weighted by molar-refractivity contribution is -0.142. The van der Waals surface area contributed by atoms with E-state index in [0.717, 1.165) is 16.7 Å². The summed E-state index contributed by atoms with van der Waals surface area (Å²) in [5.41, 5.74) is 9.18. The van der Waals surface area contributed by atoms with Crippen molar-refractivity contribution in [3.63, 3.8) is 0 Å². The maximum atomic E-state index is 11.2. The van der Waals surface area contributed by atoms with Crippen molar-refractivity contribution < 1.29 is 9.53 Å². The summed E-state index contributed by atoms with van der Waals surface area (Å²) < 4.78 is 4.60. The minimum absolute atomic E-state index is 0.363. The Morgan fingerprint density at radius 2 is 1.93 bits per heavy atom. The average Bonchev–Trinajstić information content (AvgIpc) is 2.22. The van der Waals surface area contributed by atoms with Gasteiger partial charge in [0.2, 0.25) is 0 Å². The Morgan fingerprint density at radius 1 is 1.40 bits per heavy atom. The van der Waals surface area contributed by atoms with Crippen LogP contribution in [0.3, 0.4) is 0 Å². The Bertz CT molecular complexity index is 340. The Morgan fingerprint density at radius 3 is 2.40 bits per heavy atom. The molecule has 2 N–H and O–H groups in total. The molecule has 0 saturated carbocycles. The number of methoxy groups -OCH3 is 1. The highest BCUT2D eigenvalue weighted by Gasteiger charge is 2.16. The van der Waals surface area contributed by atoms with Gasteiger partial charge < -0.3 is 10.5 Å². The number of esters is 1. The minimum atomic E-state index is -0.574. The van der Waals surface area contributed by atoms with E-state index in [1.807, 2.05) is 32.0 Å². The van der Waals surface area contributed by atoms with Crippen LogP contribution in [0.5, 0.6) is 0 Å². The Hall–Kier alpha value is -1.35. The fourth-order valence-electron chi connectivity index (χ4n) is 1.63. The molecule has 15 heavy (non-hydrogen) atoms. The van der Waals surface area contributed by atoms with Gasteiger partial charge in [-0.05, 0) is 37.0 Å². The molecule has 0 aliphatic rings. The molecule has 0 aliphatic heterocycles. The first kappa shape index (κ1) is 11.7. The number of benzene rings is 1. The third-order valence-electron chi connectivity index (χ3n) is 2.57. The van der Waals surface area contributed by atoms with Crippen molar-refractivity contribution in [2.75, 3.05) is 7.11 Å². The monoisotopic (exact) mass is 207 g/mol. The van der Waals surface area contributed by atoms with Crippen molar-refractivity contribution in [1.29, 1.82) is 0 Å². The maximum absolute atomic E-state index is 11.2. The van der Waals surface area contributed by atoms with Gasteiger partial charge >= 0.3 is 5.97 Å². The molecule has 0 amide bonds. The summed E-state index contributed by atoms with van der Waals surface area (Å²) in [6, 6.07) is 5.46. The van der Waals surface area contributed by atoms with Crippen LogP contribution in [0.15, 0.2) is 18.2 Å². The molecule has 0 unspecified atom stereocenters. The molecule has 0 saturated heterocycles. The molecule has 1 rings (SSSR count). The smallest absolute Gasteiger partial charge is 0.322 e. The quantitative estimate of drug-likeness (QED) is 0.761. The van der Waals surface area contributed by atoms with E-state index in [9.17, 15) is 4.79 Å². The number of hydrogen-bond donors (Lipinski definition) is 1. The minimum Gasteiger partial charge on any atom is -0.468 e. The Kier molecular flexibility index (Phi) is 3.86. The SMILES string of the molecule is COC(=O)[C@@H](N)Cc1c(C)cccc1C. The maximum Gasteiger partial charge on any atom is 0.322 e. The molecule has 1 atom stereocenters. The number of nitrogens with two attached hydrogens (primary N) is 1. The molecule has 1 aromatic carbocycles. The molecule has 0 radical (unpaired) electrons. The zero-order valence-electron chi connectivity index (χ0n) is 9.41. The van der Waals surface area contributed by atoms with Crippen molar-refractivity contribution in [2.45, 2.75) is 26.3 Å². The summed E-state index contributed by atoms with van der Waals surface area (Å²) in [6.45, 7) is 4.04. The van der Waals surface area contributed by atoms with Crippen LogP contribution in [0.1, 0.15) is 16.7 Å². The number of hydrogen-bond acceptors (Lipinski definition) is 3. The van der Waals surface area contributed by atoms with Crippen LogP contribution in [0.4, 0.5) is 0 Å². The molecule has 0 fully saturated rings. The Balaban J connectivity index is 2.85. The molecule has 0 bridgehead atoms. The lowest BCUT2D eigenvalue weighted by atomic mass is 9.97. The highest BCUT2D eigenvalue weighted by atomic mass is 16.5. The lowest BCUT2D eigenvalue weighted by Crippen LogP contribution is -2.34. The number of aryl methyl sites for hydroxylation is 2. The van der Waals surface area contributed by atoms with Gasteiger partial charge in [0.05, 0.1) is 7.11 Å². The lowest BCUT2D eigenvalue weighted by Gasteiger charge is -2.13. The molecule has 0 heterocycles. The number of rotatable bonds is 3. The highest BCUT2D eigenvalue weighted by molar-refractivity contribution is 5.75. The first-order chi connectivity index (χ1) is 7.06. The largest absolute Gasteiger partial charge is 0.468 e. The van der Waals surface area contributed by atoms with E-state index in [-0.39, 0.29) is 5.97 Å². The predicted molar refractivity (Wildman–Crippen MR) is 59.6 cm³/mol. The molecule has 0 aliphatic carbocycles. The second kappa shape index (κ2) is 4.94. The van der Waals surface area contributed by atoms with Crippen molar-refractivity contribution in [2.24, 2.45) is 5.73 Å². The number of ether oxygens (including phenoxy) is 1. The third kappa shape index (κ3) is 2.80. The van der Waals surface area contributed by atoms with Gasteiger partial charge in [0.15, 0.2) is 0 Å². The van der Waals surface area contributed by atoms with Crippen LogP contribution in [0.2, 0.25) is 0 Å². The van der Waals surface area contributed by atoms with Crippen LogP contribution >= 0.6 is 0 Å². The first-order valence-electron chi connectivity index (χ1n) is 4.94. The fourth-order valence-corrected chi connectivity index (χ4v) is 1.63. The van der Waals surface area contributed by atoms with E-state index < -0.39 is 6.04 Å². The van der Waals surface area contributed by atoms with Crippen LogP contribution in [0, 0.1) is 13.8 Å². The molecule has 82 valence electrons. The van der Waals surface area contributed by atoms with Gasteiger partial charge in [-0.1, -0.05) is 18.2 Å². The van der Waals surface area contributed by atoms with E-state index in [1.54, 1.807) is 0 Å². The van der Waals surface area contributed by atoms with Crippen molar-refractivity contribution in [3.8, 4) is 0 Å². The highest BCUT2D eigenvalue weighted by Crippen LogP contribution is 2.15. The molecular weight excluding hydrogens is 190 g/mol. The van der Waals surface area contributed by atoms with E-state index in [2.05, 4.69) is 4.74 Å². The van der Waals surface area contributed by atoms with Crippen molar-refractivity contribution in [1.82, 2.24) is 0 Å². The van der Waals surface area contributed by atoms with Gasteiger partial charge in [0.1, 0.15) is 6.04 Å². The van der Waals surface area contributed by atoms with Crippen LogP contribution in [-0.4, -0.2) is 19.1 Å². The molecule has 0 aromatic heterocycles. The van der Waals surface area contributed by atoms with E-state index >= 15 is 0 Å². The molecule has 0 spiro atoms. The van der Waals surface area contributed by atoms with Crippen LogP contribution < -0.4 is 5.73 Å².